The number of amides is 1. The smallest absolute Gasteiger partial charge is 0.270 e. The zero-order chi connectivity index (χ0) is 15.0. The normalized spacial score (nSPS) is 16.6. The van der Waals surface area contributed by atoms with Crippen molar-refractivity contribution in [3.8, 4) is 0 Å². The summed E-state index contributed by atoms with van der Waals surface area (Å²) in [6, 6.07) is 7.67. The highest BCUT2D eigenvalue weighted by atomic mass is 35.5. The zero-order valence-electron chi connectivity index (χ0n) is 12.5. The van der Waals surface area contributed by atoms with Crippen LogP contribution in [0.3, 0.4) is 0 Å². The number of carbonyl (C=O) groups excluding carboxylic acids is 1. The van der Waals surface area contributed by atoms with Crippen molar-refractivity contribution in [3.05, 3.63) is 35.0 Å². The Balaban J connectivity index is 1.86. The van der Waals surface area contributed by atoms with Gasteiger partial charge in [-0.1, -0.05) is 18.5 Å². The van der Waals surface area contributed by atoms with Gasteiger partial charge in [0.1, 0.15) is 5.69 Å². The van der Waals surface area contributed by atoms with Crippen LogP contribution in [-0.4, -0.2) is 53.0 Å². The van der Waals surface area contributed by atoms with Crippen LogP contribution in [0, 0.1) is 0 Å². The molecule has 1 aromatic carbocycles. The van der Waals surface area contributed by atoms with Crippen LogP contribution >= 0.6 is 11.6 Å². The minimum Gasteiger partial charge on any atom is -0.340 e. The number of halogens is 1. The summed E-state index contributed by atoms with van der Waals surface area (Å²) < 4.78 is 1.96. The van der Waals surface area contributed by atoms with Crippen LogP contribution in [0.5, 0.6) is 0 Å². The Morgan fingerprint density at radius 2 is 1.90 bits per heavy atom. The number of aromatic nitrogens is 1. The molecule has 0 unspecified atom stereocenters. The van der Waals surface area contributed by atoms with Gasteiger partial charge in [0.15, 0.2) is 0 Å². The summed E-state index contributed by atoms with van der Waals surface area (Å²) in [5, 5.41) is 1.71. The Morgan fingerprint density at radius 3 is 2.57 bits per heavy atom. The number of hydrogen-bond donors (Lipinski definition) is 0. The third kappa shape index (κ3) is 2.65. The highest BCUT2D eigenvalue weighted by molar-refractivity contribution is 6.31. The summed E-state index contributed by atoms with van der Waals surface area (Å²) in [4.78, 5) is 17.0. The summed E-state index contributed by atoms with van der Waals surface area (Å²) in [5.41, 5.74) is 1.77. The Kier molecular flexibility index (Phi) is 3.91. The Hall–Kier alpha value is -1.52. The van der Waals surface area contributed by atoms with Crippen LogP contribution in [0.1, 0.15) is 17.4 Å². The molecular weight excluding hydrogens is 286 g/mol. The van der Waals surface area contributed by atoms with E-state index >= 15 is 0 Å². The molecule has 0 aliphatic carbocycles. The van der Waals surface area contributed by atoms with Crippen LogP contribution in [-0.2, 0) is 7.05 Å². The molecule has 0 N–H and O–H groups in total. The van der Waals surface area contributed by atoms with Crippen molar-refractivity contribution in [1.29, 1.82) is 0 Å². The Bertz CT molecular complexity index is 671. The molecule has 5 heteroatoms. The average molecular weight is 306 g/mol. The van der Waals surface area contributed by atoms with Crippen LogP contribution in [0.15, 0.2) is 24.3 Å². The average Bonchev–Trinajstić information content (AvgIpc) is 2.83. The largest absolute Gasteiger partial charge is 0.340 e. The quantitative estimate of drug-likeness (QED) is 0.853. The number of likely N-dealkylation sites (N-methyl/N-ethyl adjacent to an activating group) is 1. The molecule has 21 heavy (non-hydrogen) atoms. The van der Waals surface area contributed by atoms with Gasteiger partial charge in [0.05, 0.1) is 0 Å². The van der Waals surface area contributed by atoms with Gasteiger partial charge in [0, 0.05) is 49.2 Å². The molecule has 1 aliphatic heterocycles. The van der Waals surface area contributed by atoms with E-state index in [0.717, 1.165) is 49.3 Å². The van der Waals surface area contributed by atoms with Crippen molar-refractivity contribution in [3.63, 3.8) is 0 Å². The minimum atomic E-state index is 0.112. The summed E-state index contributed by atoms with van der Waals surface area (Å²) >= 11 is 6.03. The van der Waals surface area contributed by atoms with Gasteiger partial charge in [0.2, 0.25) is 0 Å². The van der Waals surface area contributed by atoms with Crippen LogP contribution < -0.4 is 0 Å². The standard InChI is InChI=1S/C16H20ClN3O/c1-3-19-6-8-20(9-7-19)16(21)15-11-12-10-13(17)4-5-14(12)18(15)2/h4-5,10-11H,3,6-9H2,1-2H3. The number of benzene rings is 1. The van der Waals surface area contributed by atoms with Gasteiger partial charge in [-0.25, -0.2) is 0 Å². The molecule has 2 aromatic rings. The fourth-order valence-electron chi connectivity index (χ4n) is 2.95. The summed E-state index contributed by atoms with van der Waals surface area (Å²) in [5.74, 6) is 0.112. The number of hydrogen-bond acceptors (Lipinski definition) is 2. The fraction of sp³-hybridized carbons (Fsp3) is 0.438. The number of rotatable bonds is 2. The van der Waals surface area contributed by atoms with E-state index in [2.05, 4.69) is 11.8 Å². The van der Waals surface area contributed by atoms with E-state index in [-0.39, 0.29) is 5.91 Å². The van der Waals surface area contributed by atoms with E-state index in [9.17, 15) is 4.79 Å². The fourth-order valence-corrected chi connectivity index (χ4v) is 3.14. The molecule has 1 saturated heterocycles. The van der Waals surface area contributed by atoms with Crippen molar-refractivity contribution < 1.29 is 4.79 Å². The first kappa shape index (κ1) is 14.4. The summed E-state index contributed by atoms with van der Waals surface area (Å²) in [7, 11) is 1.94. The minimum absolute atomic E-state index is 0.112. The van der Waals surface area contributed by atoms with Crippen molar-refractivity contribution in [2.75, 3.05) is 32.7 Å². The van der Waals surface area contributed by atoms with E-state index < -0.39 is 0 Å². The molecule has 4 nitrogen and oxygen atoms in total. The summed E-state index contributed by atoms with van der Waals surface area (Å²) in [6.07, 6.45) is 0. The van der Waals surface area contributed by atoms with Gasteiger partial charge in [-0.05, 0) is 30.8 Å². The second kappa shape index (κ2) is 5.70. The molecule has 1 aliphatic rings. The summed E-state index contributed by atoms with van der Waals surface area (Å²) in [6.45, 7) is 6.72. The highest BCUT2D eigenvalue weighted by Crippen LogP contribution is 2.23. The van der Waals surface area contributed by atoms with E-state index in [1.165, 1.54) is 0 Å². The molecule has 1 amide bonds. The highest BCUT2D eigenvalue weighted by Gasteiger charge is 2.23. The van der Waals surface area contributed by atoms with Crippen LogP contribution in [0.4, 0.5) is 0 Å². The first-order valence-electron chi connectivity index (χ1n) is 7.36. The van der Waals surface area contributed by atoms with Gasteiger partial charge in [-0.2, -0.15) is 0 Å². The number of nitrogens with zero attached hydrogens (tertiary/aromatic N) is 3. The maximum atomic E-state index is 12.7. The zero-order valence-corrected chi connectivity index (χ0v) is 13.2. The Morgan fingerprint density at radius 1 is 1.19 bits per heavy atom. The molecule has 0 radical (unpaired) electrons. The maximum absolute atomic E-state index is 12.7. The van der Waals surface area contributed by atoms with E-state index in [4.69, 9.17) is 11.6 Å². The second-order valence-electron chi connectivity index (χ2n) is 5.52. The van der Waals surface area contributed by atoms with Crippen molar-refractivity contribution in [2.24, 2.45) is 7.05 Å². The van der Waals surface area contributed by atoms with Gasteiger partial charge in [0.25, 0.3) is 5.91 Å². The predicted octanol–water partition coefficient (Wildman–Crippen LogP) is 2.61. The predicted molar refractivity (Wildman–Crippen MR) is 85.9 cm³/mol. The molecule has 3 rings (SSSR count). The molecule has 2 heterocycles. The lowest BCUT2D eigenvalue weighted by molar-refractivity contribution is 0.0634. The molecule has 0 saturated carbocycles. The number of fused-ring (bicyclic) bond motifs is 1. The monoisotopic (exact) mass is 305 g/mol. The van der Waals surface area contributed by atoms with Gasteiger partial charge in [-0.3, -0.25) is 4.79 Å². The maximum Gasteiger partial charge on any atom is 0.270 e. The van der Waals surface area contributed by atoms with E-state index in [1.54, 1.807) is 0 Å². The van der Waals surface area contributed by atoms with E-state index in [0.29, 0.717) is 5.02 Å². The van der Waals surface area contributed by atoms with Gasteiger partial charge >= 0.3 is 0 Å². The molecule has 1 fully saturated rings. The van der Waals surface area contributed by atoms with Crippen LogP contribution in [0.2, 0.25) is 5.02 Å². The molecule has 0 bridgehead atoms. The second-order valence-corrected chi connectivity index (χ2v) is 5.95. The topological polar surface area (TPSA) is 28.5 Å². The van der Waals surface area contributed by atoms with Crippen LogP contribution in [0.25, 0.3) is 10.9 Å². The number of piperazine rings is 1. The molecule has 0 atom stereocenters. The van der Waals surface area contributed by atoms with Crippen molar-refractivity contribution in [2.45, 2.75) is 6.92 Å². The molecule has 112 valence electrons. The SMILES string of the molecule is CCN1CCN(C(=O)c2cc3cc(Cl)ccc3n2C)CC1. The lowest BCUT2D eigenvalue weighted by Crippen LogP contribution is -2.48. The first-order valence-corrected chi connectivity index (χ1v) is 7.74. The van der Waals surface area contributed by atoms with Gasteiger partial charge < -0.3 is 14.4 Å². The lowest BCUT2D eigenvalue weighted by atomic mass is 10.2. The first-order chi connectivity index (χ1) is 10.1. The third-order valence-corrected chi connectivity index (χ3v) is 4.57. The van der Waals surface area contributed by atoms with Crippen molar-refractivity contribution in [1.82, 2.24) is 14.4 Å². The molecular formula is C16H20ClN3O. The third-order valence-electron chi connectivity index (χ3n) is 4.33. The Labute approximate surface area is 129 Å². The molecule has 0 spiro atoms. The van der Waals surface area contributed by atoms with Crippen molar-refractivity contribution >= 4 is 28.4 Å². The molecule has 1 aromatic heterocycles. The van der Waals surface area contributed by atoms with E-state index in [1.807, 2.05) is 40.8 Å². The number of aryl methyl sites for hydroxylation is 1. The number of carbonyl (C=O) groups is 1. The lowest BCUT2D eigenvalue weighted by Gasteiger charge is -2.34. The van der Waals surface area contributed by atoms with Gasteiger partial charge in [-0.15, -0.1) is 0 Å².